The van der Waals surface area contributed by atoms with Crippen molar-refractivity contribution in [3.8, 4) is 0 Å². The highest BCUT2D eigenvalue weighted by molar-refractivity contribution is 7.11. The number of carbonyl (C=O) groups excluding carboxylic acids is 1. The van der Waals surface area contributed by atoms with Crippen molar-refractivity contribution in [2.45, 2.75) is 13.1 Å². The fraction of sp³-hybridized carbons (Fsp3) is 0.100. The quantitative estimate of drug-likeness (QED) is 0.557. The van der Waals surface area contributed by atoms with Gasteiger partial charge >= 0.3 is 0 Å². The maximum atomic E-state index is 13.1. The van der Waals surface area contributed by atoms with E-state index in [1.165, 1.54) is 17.7 Å². The molecule has 0 spiro atoms. The van der Waals surface area contributed by atoms with Crippen LogP contribution in [0, 0.1) is 5.82 Å². The van der Waals surface area contributed by atoms with E-state index in [9.17, 15) is 9.18 Å². The lowest BCUT2D eigenvalue weighted by Crippen LogP contribution is -2.17. The van der Waals surface area contributed by atoms with Gasteiger partial charge in [-0.2, -0.15) is 5.10 Å². The molecule has 0 aliphatic carbocycles. The monoisotopic (exact) mass is 365 g/mol. The molecule has 0 radical (unpaired) electrons. The molecule has 1 aliphatic heterocycles. The standard InChI is InChI=1S/C20H16FN3OS/c21-17-5-7-18(8-6-17)24-12-15-4-3-14(10-16(15)13-24)20(25)23-22-11-19-2-1-9-26-19/h1-11H,12-13H2,(H,23,25)/b22-11-. The van der Waals surface area contributed by atoms with Gasteiger partial charge in [-0.1, -0.05) is 12.1 Å². The number of nitrogens with one attached hydrogen (secondary N) is 1. The summed E-state index contributed by atoms with van der Waals surface area (Å²) < 4.78 is 13.1. The Kier molecular flexibility index (Phi) is 4.50. The van der Waals surface area contributed by atoms with Crippen LogP contribution in [0.5, 0.6) is 0 Å². The molecule has 0 fully saturated rings. The largest absolute Gasteiger partial charge is 0.363 e. The summed E-state index contributed by atoms with van der Waals surface area (Å²) in [4.78, 5) is 15.4. The Morgan fingerprint density at radius 2 is 1.92 bits per heavy atom. The average Bonchev–Trinajstić information content (AvgIpc) is 3.31. The molecule has 6 heteroatoms. The van der Waals surface area contributed by atoms with Gasteiger partial charge < -0.3 is 4.90 Å². The van der Waals surface area contributed by atoms with Crippen molar-refractivity contribution in [3.63, 3.8) is 0 Å². The van der Waals surface area contributed by atoms with Gasteiger partial charge in [0.05, 0.1) is 6.21 Å². The SMILES string of the molecule is O=C(N/N=C\c1cccs1)c1ccc2c(c1)CN(c1ccc(F)cc1)C2. The van der Waals surface area contributed by atoms with Crippen LogP contribution < -0.4 is 10.3 Å². The summed E-state index contributed by atoms with van der Waals surface area (Å²) in [5.74, 6) is -0.478. The number of fused-ring (bicyclic) bond motifs is 1. The van der Waals surface area contributed by atoms with E-state index in [2.05, 4.69) is 15.4 Å². The maximum absolute atomic E-state index is 13.1. The molecule has 4 rings (SSSR count). The Morgan fingerprint density at radius 1 is 1.12 bits per heavy atom. The number of halogens is 1. The normalized spacial score (nSPS) is 13.2. The topological polar surface area (TPSA) is 44.7 Å². The van der Waals surface area contributed by atoms with Crippen molar-refractivity contribution in [1.82, 2.24) is 5.43 Å². The number of hydrazone groups is 1. The third kappa shape index (κ3) is 3.50. The van der Waals surface area contributed by atoms with Crippen molar-refractivity contribution in [2.75, 3.05) is 4.90 Å². The highest BCUT2D eigenvalue weighted by Crippen LogP contribution is 2.29. The molecule has 1 aliphatic rings. The van der Waals surface area contributed by atoms with Gasteiger partial charge in [0.15, 0.2) is 0 Å². The van der Waals surface area contributed by atoms with Gasteiger partial charge in [-0.25, -0.2) is 9.82 Å². The molecule has 1 N–H and O–H groups in total. The molecule has 130 valence electrons. The second-order valence-corrected chi connectivity index (χ2v) is 7.01. The van der Waals surface area contributed by atoms with Crippen molar-refractivity contribution in [3.05, 3.63) is 87.4 Å². The summed E-state index contributed by atoms with van der Waals surface area (Å²) in [5, 5.41) is 5.95. The summed E-state index contributed by atoms with van der Waals surface area (Å²) in [6.45, 7) is 1.44. The van der Waals surface area contributed by atoms with E-state index in [1.807, 2.05) is 35.7 Å². The Morgan fingerprint density at radius 3 is 2.69 bits per heavy atom. The summed E-state index contributed by atoms with van der Waals surface area (Å²) in [5.41, 5.74) is 6.38. The second-order valence-electron chi connectivity index (χ2n) is 6.03. The van der Waals surface area contributed by atoms with Crippen LogP contribution >= 0.6 is 11.3 Å². The number of amides is 1. The Hall–Kier alpha value is -2.99. The van der Waals surface area contributed by atoms with Crippen LogP contribution in [0.15, 0.2) is 65.1 Å². The van der Waals surface area contributed by atoms with E-state index in [0.29, 0.717) is 12.1 Å². The minimum atomic E-state index is -0.243. The lowest BCUT2D eigenvalue weighted by Gasteiger charge is -2.17. The van der Waals surface area contributed by atoms with Gasteiger partial charge in [0.1, 0.15) is 5.82 Å². The Bertz CT molecular complexity index is 952. The lowest BCUT2D eigenvalue weighted by molar-refractivity contribution is 0.0955. The van der Waals surface area contributed by atoms with E-state index >= 15 is 0 Å². The molecule has 0 saturated heterocycles. The molecule has 0 bridgehead atoms. The summed E-state index contributed by atoms with van der Waals surface area (Å²) in [6.07, 6.45) is 1.63. The smallest absolute Gasteiger partial charge is 0.271 e. The van der Waals surface area contributed by atoms with E-state index in [0.717, 1.165) is 22.7 Å². The Labute approximate surface area is 154 Å². The number of benzene rings is 2. The molecular weight excluding hydrogens is 349 g/mol. The lowest BCUT2D eigenvalue weighted by atomic mass is 10.1. The van der Waals surface area contributed by atoms with Crippen molar-refractivity contribution < 1.29 is 9.18 Å². The summed E-state index contributed by atoms with van der Waals surface area (Å²) >= 11 is 1.56. The van der Waals surface area contributed by atoms with E-state index in [-0.39, 0.29) is 11.7 Å². The van der Waals surface area contributed by atoms with Gasteiger partial charge in [0.2, 0.25) is 0 Å². The summed E-state index contributed by atoms with van der Waals surface area (Å²) in [7, 11) is 0. The number of carbonyl (C=O) groups is 1. The predicted molar refractivity (Wildman–Crippen MR) is 102 cm³/mol. The van der Waals surface area contributed by atoms with Gasteiger partial charge in [-0.15, -0.1) is 11.3 Å². The van der Waals surface area contributed by atoms with Crippen LogP contribution in [0.4, 0.5) is 10.1 Å². The van der Waals surface area contributed by atoms with Crippen LogP contribution in [0.3, 0.4) is 0 Å². The van der Waals surface area contributed by atoms with E-state index in [4.69, 9.17) is 0 Å². The zero-order valence-corrected chi connectivity index (χ0v) is 14.7. The minimum absolute atomic E-state index is 0.235. The molecule has 0 atom stereocenters. The molecule has 2 aromatic carbocycles. The van der Waals surface area contributed by atoms with Crippen LogP contribution in [-0.4, -0.2) is 12.1 Å². The molecule has 3 aromatic rings. The van der Waals surface area contributed by atoms with E-state index < -0.39 is 0 Å². The number of nitrogens with zero attached hydrogens (tertiary/aromatic N) is 2. The van der Waals surface area contributed by atoms with Crippen LogP contribution in [0.25, 0.3) is 0 Å². The first-order valence-electron chi connectivity index (χ1n) is 8.18. The van der Waals surface area contributed by atoms with Crippen molar-refractivity contribution in [2.24, 2.45) is 5.10 Å². The van der Waals surface area contributed by atoms with Gasteiger partial charge in [0, 0.05) is 29.2 Å². The summed E-state index contributed by atoms with van der Waals surface area (Å²) in [6, 6.07) is 16.0. The fourth-order valence-corrected chi connectivity index (χ4v) is 3.54. The number of anilines is 1. The van der Waals surface area contributed by atoms with Crippen LogP contribution in [-0.2, 0) is 13.1 Å². The second kappa shape index (κ2) is 7.09. The third-order valence-corrected chi connectivity index (χ3v) is 5.09. The zero-order chi connectivity index (χ0) is 17.9. The average molecular weight is 365 g/mol. The molecular formula is C20H16FN3OS. The first kappa shape index (κ1) is 16.5. The number of hydrogen-bond donors (Lipinski definition) is 1. The predicted octanol–water partition coefficient (Wildman–Crippen LogP) is 4.17. The fourth-order valence-electron chi connectivity index (χ4n) is 2.95. The molecule has 2 heterocycles. The zero-order valence-electron chi connectivity index (χ0n) is 13.9. The number of rotatable bonds is 4. The Balaban J connectivity index is 1.44. The highest BCUT2D eigenvalue weighted by Gasteiger charge is 2.20. The maximum Gasteiger partial charge on any atom is 0.271 e. The first-order chi connectivity index (χ1) is 12.7. The third-order valence-electron chi connectivity index (χ3n) is 4.28. The van der Waals surface area contributed by atoms with Crippen molar-refractivity contribution >= 4 is 29.1 Å². The number of thiophene rings is 1. The van der Waals surface area contributed by atoms with E-state index in [1.54, 1.807) is 29.7 Å². The van der Waals surface area contributed by atoms with Gasteiger partial charge in [-0.05, 0) is 59.0 Å². The highest BCUT2D eigenvalue weighted by atomic mass is 32.1. The molecule has 4 nitrogen and oxygen atoms in total. The number of hydrogen-bond acceptors (Lipinski definition) is 4. The van der Waals surface area contributed by atoms with Crippen LogP contribution in [0.1, 0.15) is 26.4 Å². The molecule has 26 heavy (non-hydrogen) atoms. The molecule has 1 amide bonds. The van der Waals surface area contributed by atoms with Gasteiger partial charge in [0.25, 0.3) is 5.91 Å². The molecule has 1 aromatic heterocycles. The van der Waals surface area contributed by atoms with Crippen molar-refractivity contribution in [1.29, 1.82) is 0 Å². The minimum Gasteiger partial charge on any atom is -0.363 e. The van der Waals surface area contributed by atoms with Crippen LogP contribution in [0.2, 0.25) is 0 Å². The molecule has 0 saturated carbocycles. The van der Waals surface area contributed by atoms with Gasteiger partial charge in [-0.3, -0.25) is 4.79 Å². The first-order valence-corrected chi connectivity index (χ1v) is 9.06. The molecule has 0 unspecified atom stereocenters.